The van der Waals surface area contributed by atoms with Crippen molar-refractivity contribution in [3.8, 4) is 11.6 Å². The Bertz CT molecular complexity index is 1170. The minimum absolute atomic E-state index is 0.0743. The van der Waals surface area contributed by atoms with Gasteiger partial charge in [-0.15, -0.1) is 0 Å². The van der Waals surface area contributed by atoms with E-state index in [2.05, 4.69) is 10.3 Å². The minimum Gasteiger partial charge on any atom is -0.438 e. The molecule has 0 aliphatic carbocycles. The fraction of sp³-hybridized carbons (Fsp3) is 0.208. The fourth-order valence-corrected chi connectivity index (χ4v) is 3.40. The van der Waals surface area contributed by atoms with Gasteiger partial charge < -0.3 is 15.2 Å². The van der Waals surface area contributed by atoms with Gasteiger partial charge in [0.1, 0.15) is 11.3 Å². The van der Waals surface area contributed by atoms with Crippen LogP contribution >= 0.6 is 23.2 Å². The van der Waals surface area contributed by atoms with Gasteiger partial charge in [-0.1, -0.05) is 35.3 Å². The van der Waals surface area contributed by atoms with Crippen LogP contribution in [0.1, 0.15) is 52.6 Å². The number of rotatable bonds is 7. The second kappa shape index (κ2) is 9.69. The topological polar surface area (TPSA) is 88.5 Å². The lowest BCUT2D eigenvalue weighted by atomic mass is 9.97. The van der Waals surface area contributed by atoms with Crippen molar-refractivity contribution in [1.82, 2.24) is 10.3 Å². The number of carbonyl (C=O) groups is 2. The number of Topliss-reactive ketones (excluding diaryl/α,β-unsaturated/α-hetero) is 1. The highest BCUT2D eigenvalue weighted by atomic mass is 35.5. The molecule has 32 heavy (non-hydrogen) atoms. The predicted molar refractivity (Wildman–Crippen MR) is 124 cm³/mol. The predicted octanol–water partition coefficient (Wildman–Crippen LogP) is 5.54. The van der Waals surface area contributed by atoms with Crippen LogP contribution in [0.15, 0.2) is 54.7 Å². The molecule has 3 aromatic rings. The second-order valence-corrected chi connectivity index (χ2v) is 8.58. The zero-order valence-electron chi connectivity index (χ0n) is 17.8. The van der Waals surface area contributed by atoms with Gasteiger partial charge in [-0.3, -0.25) is 9.59 Å². The van der Waals surface area contributed by atoms with E-state index in [0.717, 1.165) is 0 Å². The summed E-state index contributed by atoms with van der Waals surface area (Å²) < 4.78 is 5.77. The molecule has 166 valence electrons. The monoisotopic (exact) mass is 472 g/mol. The standard InChI is InChI=1S/C24H22Cl2N2O4/c1-14(29)16-9-18(25)12-19(10-16)32-23-20(5-4-8-27-23)22(30)28-13-15-6-7-17(11-21(15)26)24(2,3)31/h4-12,31H,13H2,1-3H3,(H,28,30). The summed E-state index contributed by atoms with van der Waals surface area (Å²) in [5, 5.41) is 13.7. The van der Waals surface area contributed by atoms with Crippen molar-refractivity contribution in [2.45, 2.75) is 32.9 Å². The summed E-state index contributed by atoms with van der Waals surface area (Å²) in [6, 6.07) is 13.0. The Morgan fingerprint density at radius 2 is 1.88 bits per heavy atom. The summed E-state index contributed by atoms with van der Waals surface area (Å²) in [7, 11) is 0. The Balaban J connectivity index is 1.77. The van der Waals surface area contributed by atoms with Gasteiger partial charge in [-0.2, -0.15) is 0 Å². The number of benzene rings is 2. The molecule has 1 aromatic heterocycles. The molecule has 0 spiro atoms. The molecule has 3 rings (SSSR count). The smallest absolute Gasteiger partial charge is 0.257 e. The molecule has 6 nitrogen and oxygen atoms in total. The third kappa shape index (κ3) is 5.85. The lowest BCUT2D eigenvalue weighted by molar-refractivity contribution is 0.0785. The van der Waals surface area contributed by atoms with Crippen LogP contribution in [0, 0.1) is 0 Å². The second-order valence-electron chi connectivity index (χ2n) is 7.74. The summed E-state index contributed by atoms with van der Waals surface area (Å²) >= 11 is 12.4. The van der Waals surface area contributed by atoms with Crippen molar-refractivity contribution in [3.05, 3.63) is 87.0 Å². The number of amides is 1. The van der Waals surface area contributed by atoms with Gasteiger partial charge in [-0.05, 0) is 68.3 Å². The Hall–Kier alpha value is -2.93. The zero-order chi connectivity index (χ0) is 23.5. The van der Waals surface area contributed by atoms with E-state index in [4.69, 9.17) is 27.9 Å². The number of carbonyl (C=O) groups excluding carboxylic acids is 2. The number of nitrogens with one attached hydrogen (secondary N) is 1. The van der Waals surface area contributed by atoms with E-state index in [-0.39, 0.29) is 23.8 Å². The van der Waals surface area contributed by atoms with E-state index in [0.29, 0.717) is 32.5 Å². The van der Waals surface area contributed by atoms with Crippen molar-refractivity contribution < 1.29 is 19.4 Å². The van der Waals surface area contributed by atoms with Crippen molar-refractivity contribution in [1.29, 1.82) is 0 Å². The van der Waals surface area contributed by atoms with Crippen molar-refractivity contribution in [2.24, 2.45) is 0 Å². The normalized spacial score (nSPS) is 11.2. The quantitative estimate of drug-likeness (QED) is 0.440. The summed E-state index contributed by atoms with van der Waals surface area (Å²) in [6.45, 7) is 4.94. The van der Waals surface area contributed by atoms with Crippen molar-refractivity contribution in [3.63, 3.8) is 0 Å². The van der Waals surface area contributed by atoms with Gasteiger partial charge in [-0.25, -0.2) is 4.98 Å². The molecule has 8 heteroatoms. The first-order valence-corrected chi connectivity index (χ1v) is 10.5. The summed E-state index contributed by atoms with van der Waals surface area (Å²) in [4.78, 5) is 28.6. The van der Waals surface area contributed by atoms with E-state index >= 15 is 0 Å². The molecule has 2 N–H and O–H groups in total. The Morgan fingerprint density at radius 1 is 1.12 bits per heavy atom. The van der Waals surface area contributed by atoms with E-state index < -0.39 is 11.5 Å². The number of ketones is 1. The molecular weight excluding hydrogens is 451 g/mol. The Morgan fingerprint density at radius 3 is 2.53 bits per heavy atom. The molecule has 0 saturated carbocycles. The first kappa shape index (κ1) is 23.7. The fourth-order valence-electron chi connectivity index (χ4n) is 2.92. The van der Waals surface area contributed by atoms with E-state index in [1.165, 1.54) is 31.3 Å². The lowest BCUT2D eigenvalue weighted by Crippen LogP contribution is -2.24. The maximum absolute atomic E-state index is 12.8. The summed E-state index contributed by atoms with van der Waals surface area (Å²) in [5.41, 5.74) is 0.947. The highest BCUT2D eigenvalue weighted by Gasteiger charge is 2.18. The molecule has 0 atom stereocenters. The SMILES string of the molecule is CC(=O)c1cc(Cl)cc(Oc2ncccc2C(=O)NCc2ccc(C(C)(C)O)cc2Cl)c1. The zero-order valence-corrected chi connectivity index (χ0v) is 19.3. The highest BCUT2D eigenvalue weighted by molar-refractivity contribution is 6.31. The number of hydrogen-bond donors (Lipinski definition) is 2. The molecule has 1 amide bonds. The summed E-state index contributed by atoms with van der Waals surface area (Å²) in [5.74, 6) is -0.209. The van der Waals surface area contributed by atoms with Crippen molar-refractivity contribution in [2.75, 3.05) is 0 Å². The van der Waals surface area contributed by atoms with Crippen LogP contribution in [0.25, 0.3) is 0 Å². The number of pyridine rings is 1. The minimum atomic E-state index is -1.02. The summed E-state index contributed by atoms with van der Waals surface area (Å²) in [6.07, 6.45) is 1.49. The van der Waals surface area contributed by atoms with E-state index in [1.54, 1.807) is 44.2 Å². The van der Waals surface area contributed by atoms with E-state index in [9.17, 15) is 14.7 Å². The van der Waals surface area contributed by atoms with Gasteiger partial charge in [0.25, 0.3) is 5.91 Å². The first-order valence-electron chi connectivity index (χ1n) is 9.78. The third-order valence-electron chi connectivity index (χ3n) is 4.71. The molecule has 0 aliphatic heterocycles. The number of hydrogen-bond acceptors (Lipinski definition) is 5. The van der Waals surface area contributed by atoms with Crippen LogP contribution in [0.2, 0.25) is 10.0 Å². The molecule has 1 heterocycles. The van der Waals surface area contributed by atoms with Gasteiger partial charge in [0, 0.05) is 28.4 Å². The maximum atomic E-state index is 12.8. The van der Waals surface area contributed by atoms with Crippen LogP contribution < -0.4 is 10.1 Å². The third-order valence-corrected chi connectivity index (χ3v) is 5.28. The molecule has 2 aromatic carbocycles. The van der Waals surface area contributed by atoms with Gasteiger partial charge >= 0.3 is 0 Å². The lowest BCUT2D eigenvalue weighted by Gasteiger charge is -2.19. The van der Waals surface area contributed by atoms with Crippen LogP contribution in [0.4, 0.5) is 0 Å². The Labute approximate surface area is 196 Å². The van der Waals surface area contributed by atoms with Crippen LogP contribution in [-0.2, 0) is 12.1 Å². The largest absolute Gasteiger partial charge is 0.438 e. The van der Waals surface area contributed by atoms with Crippen molar-refractivity contribution >= 4 is 34.9 Å². The van der Waals surface area contributed by atoms with Gasteiger partial charge in [0.15, 0.2) is 5.78 Å². The van der Waals surface area contributed by atoms with Crippen LogP contribution in [0.3, 0.4) is 0 Å². The van der Waals surface area contributed by atoms with Gasteiger partial charge in [0.05, 0.1) is 5.60 Å². The Kier molecular flexibility index (Phi) is 7.19. The first-order chi connectivity index (χ1) is 15.0. The molecule has 0 saturated heterocycles. The molecule has 0 unspecified atom stereocenters. The highest BCUT2D eigenvalue weighted by Crippen LogP contribution is 2.28. The molecule has 0 bridgehead atoms. The van der Waals surface area contributed by atoms with Crippen LogP contribution in [0.5, 0.6) is 11.6 Å². The molecule has 0 fully saturated rings. The molecule has 0 aliphatic rings. The number of aliphatic hydroxyl groups is 1. The average molecular weight is 473 g/mol. The average Bonchev–Trinajstić information content (AvgIpc) is 2.72. The number of nitrogens with zero attached hydrogens (tertiary/aromatic N) is 1. The van der Waals surface area contributed by atoms with Gasteiger partial charge in [0.2, 0.25) is 5.88 Å². The number of ether oxygens (including phenoxy) is 1. The number of aromatic nitrogens is 1. The van der Waals surface area contributed by atoms with E-state index in [1.807, 2.05) is 0 Å². The molecule has 0 radical (unpaired) electrons. The molecular formula is C24H22Cl2N2O4. The maximum Gasteiger partial charge on any atom is 0.257 e. The van der Waals surface area contributed by atoms with Crippen LogP contribution in [-0.4, -0.2) is 21.8 Å². The number of halogens is 2.